The summed E-state index contributed by atoms with van der Waals surface area (Å²) in [4.78, 5) is 2.06. The van der Waals surface area contributed by atoms with E-state index in [9.17, 15) is 0 Å². The molecule has 11 heavy (non-hydrogen) atoms. The Morgan fingerprint density at radius 1 is 1.27 bits per heavy atom. The molecule has 0 aliphatic heterocycles. The molecule has 0 unspecified atom stereocenters. The van der Waals surface area contributed by atoms with Gasteiger partial charge in [-0.25, -0.2) is 0 Å². The van der Waals surface area contributed by atoms with Crippen LogP contribution in [0.25, 0.3) is 0 Å². The van der Waals surface area contributed by atoms with Gasteiger partial charge in [0.25, 0.3) is 0 Å². The third-order valence-electron chi connectivity index (χ3n) is 1.14. The number of hydrogen-bond donors (Lipinski definition) is 0. The molecular formula is C9H10OSe. The molecule has 1 aromatic rings. The Morgan fingerprint density at radius 2 is 2.00 bits per heavy atom. The van der Waals surface area contributed by atoms with Crippen LogP contribution in [0.4, 0.5) is 0 Å². The summed E-state index contributed by atoms with van der Waals surface area (Å²) in [6.07, 6.45) is 1.73. The monoisotopic (exact) mass is 214 g/mol. The fraction of sp³-hybridized carbons (Fsp3) is 0.111. The Bertz CT molecular complexity index is 218. The van der Waals surface area contributed by atoms with Gasteiger partial charge in [-0.15, -0.1) is 0 Å². The Hall–Kier alpha value is -0.721. The van der Waals surface area contributed by atoms with Gasteiger partial charge in [-0.2, -0.15) is 0 Å². The van der Waals surface area contributed by atoms with Crippen LogP contribution in [0.3, 0.4) is 0 Å². The molecule has 0 saturated heterocycles. The number of ether oxygens (including phenoxy) is 1. The molecule has 1 aromatic carbocycles. The molecule has 0 bridgehead atoms. The van der Waals surface area contributed by atoms with E-state index in [1.54, 1.807) is 13.4 Å². The van der Waals surface area contributed by atoms with Crippen molar-refractivity contribution in [1.29, 1.82) is 0 Å². The first-order valence-corrected chi connectivity index (χ1v) is 5.17. The van der Waals surface area contributed by atoms with Gasteiger partial charge in [-0.1, -0.05) is 0 Å². The normalized spacial score (nSPS) is 10.3. The van der Waals surface area contributed by atoms with Crippen LogP contribution < -0.4 is 4.46 Å². The number of benzene rings is 1. The Morgan fingerprint density at radius 3 is 2.64 bits per heavy atom. The second-order valence-electron chi connectivity index (χ2n) is 1.94. The number of rotatable bonds is 3. The van der Waals surface area contributed by atoms with Gasteiger partial charge in [0.15, 0.2) is 0 Å². The molecule has 1 nitrogen and oxygen atoms in total. The van der Waals surface area contributed by atoms with Gasteiger partial charge in [0.2, 0.25) is 0 Å². The number of hydrogen-bond acceptors (Lipinski definition) is 1. The molecule has 0 N–H and O–H groups in total. The van der Waals surface area contributed by atoms with Crippen LogP contribution in [-0.4, -0.2) is 22.1 Å². The van der Waals surface area contributed by atoms with Gasteiger partial charge in [0.05, 0.1) is 0 Å². The summed E-state index contributed by atoms with van der Waals surface area (Å²) >= 11 is 0.414. The third-order valence-corrected chi connectivity index (χ3v) is 2.80. The molecule has 0 fully saturated rings. The molecular weight excluding hydrogens is 203 g/mol. The summed E-state index contributed by atoms with van der Waals surface area (Å²) in [5.74, 6) is 0. The molecule has 0 saturated carbocycles. The van der Waals surface area contributed by atoms with Gasteiger partial charge >= 0.3 is 72.8 Å². The van der Waals surface area contributed by atoms with Crippen molar-refractivity contribution in [2.75, 3.05) is 7.11 Å². The SMILES string of the molecule is CO/C=C\[Se]c1ccccc1. The van der Waals surface area contributed by atoms with Crippen molar-refractivity contribution in [3.8, 4) is 0 Å². The van der Waals surface area contributed by atoms with E-state index in [4.69, 9.17) is 4.74 Å². The van der Waals surface area contributed by atoms with E-state index >= 15 is 0 Å². The average molecular weight is 213 g/mol. The van der Waals surface area contributed by atoms with Crippen LogP contribution in [0.15, 0.2) is 41.6 Å². The molecule has 1 rings (SSSR count). The zero-order valence-electron chi connectivity index (χ0n) is 6.36. The third kappa shape index (κ3) is 3.26. The van der Waals surface area contributed by atoms with Crippen LogP contribution in [0, 0.1) is 0 Å². The maximum absolute atomic E-state index is 4.80. The summed E-state index contributed by atoms with van der Waals surface area (Å²) in [7, 11) is 1.66. The van der Waals surface area contributed by atoms with Crippen molar-refractivity contribution >= 4 is 19.4 Å². The first-order valence-electron chi connectivity index (χ1n) is 3.33. The van der Waals surface area contributed by atoms with Gasteiger partial charge < -0.3 is 0 Å². The summed E-state index contributed by atoms with van der Waals surface area (Å²) < 4.78 is 6.17. The molecule has 2 heteroatoms. The van der Waals surface area contributed by atoms with E-state index in [1.807, 2.05) is 6.07 Å². The molecule has 0 heterocycles. The predicted octanol–water partition coefficient (Wildman–Crippen LogP) is 1.13. The van der Waals surface area contributed by atoms with Crippen molar-refractivity contribution in [1.82, 2.24) is 0 Å². The Balaban J connectivity index is 2.45. The van der Waals surface area contributed by atoms with Crippen molar-refractivity contribution < 1.29 is 4.74 Å². The van der Waals surface area contributed by atoms with Crippen LogP contribution in [-0.2, 0) is 4.74 Å². The van der Waals surface area contributed by atoms with Crippen molar-refractivity contribution in [2.45, 2.75) is 0 Å². The van der Waals surface area contributed by atoms with Crippen molar-refractivity contribution in [3.63, 3.8) is 0 Å². The fourth-order valence-corrected chi connectivity index (χ4v) is 2.00. The van der Waals surface area contributed by atoms with E-state index in [0.29, 0.717) is 15.0 Å². The topological polar surface area (TPSA) is 9.23 Å². The van der Waals surface area contributed by atoms with E-state index in [1.165, 1.54) is 4.46 Å². The molecule has 0 atom stereocenters. The number of methoxy groups -OCH3 is 1. The second-order valence-corrected chi connectivity index (χ2v) is 3.99. The molecule has 58 valence electrons. The molecule has 0 aliphatic rings. The maximum atomic E-state index is 4.80. The first kappa shape index (κ1) is 8.38. The van der Waals surface area contributed by atoms with Crippen molar-refractivity contribution in [3.05, 3.63) is 41.6 Å². The predicted molar refractivity (Wildman–Crippen MR) is 48.0 cm³/mol. The summed E-state index contributed by atoms with van der Waals surface area (Å²) in [5, 5.41) is 0. The minimum absolute atomic E-state index is 0.414. The zero-order valence-corrected chi connectivity index (χ0v) is 8.07. The summed E-state index contributed by atoms with van der Waals surface area (Å²) in [6, 6.07) is 10.4. The van der Waals surface area contributed by atoms with Crippen LogP contribution in [0.5, 0.6) is 0 Å². The Labute approximate surface area is 73.2 Å². The zero-order chi connectivity index (χ0) is 7.94. The van der Waals surface area contributed by atoms with Crippen LogP contribution in [0.1, 0.15) is 0 Å². The second kappa shape index (κ2) is 5.00. The standard InChI is InChI=1S/C9H10OSe/c1-10-7-8-11-9-5-3-2-4-6-9/h2-8H,1H3/b8-7-. The molecule has 0 radical (unpaired) electrons. The molecule has 0 amide bonds. The van der Waals surface area contributed by atoms with Gasteiger partial charge in [0.1, 0.15) is 0 Å². The van der Waals surface area contributed by atoms with E-state index in [0.717, 1.165) is 0 Å². The summed E-state index contributed by atoms with van der Waals surface area (Å²) in [6.45, 7) is 0. The fourth-order valence-electron chi connectivity index (χ4n) is 0.661. The summed E-state index contributed by atoms with van der Waals surface area (Å²) in [5.41, 5.74) is 0. The van der Waals surface area contributed by atoms with Gasteiger partial charge in [-0.05, 0) is 0 Å². The van der Waals surface area contributed by atoms with Crippen LogP contribution >= 0.6 is 0 Å². The van der Waals surface area contributed by atoms with Crippen LogP contribution in [0.2, 0.25) is 0 Å². The van der Waals surface area contributed by atoms with E-state index in [-0.39, 0.29) is 0 Å². The van der Waals surface area contributed by atoms with E-state index in [2.05, 4.69) is 29.2 Å². The van der Waals surface area contributed by atoms with Gasteiger partial charge in [-0.3, -0.25) is 0 Å². The minimum atomic E-state index is 0.414. The van der Waals surface area contributed by atoms with Gasteiger partial charge in [0, 0.05) is 0 Å². The molecule has 0 spiro atoms. The average Bonchev–Trinajstić information content (AvgIpc) is 2.07. The molecule has 0 aliphatic carbocycles. The first-order chi connectivity index (χ1) is 5.43. The molecule has 0 aromatic heterocycles. The Kier molecular flexibility index (Phi) is 3.81. The van der Waals surface area contributed by atoms with E-state index < -0.39 is 0 Å². The quantitative estimate of drug-likeness (QED) is 0.540. The van der Waals surface area contributed by atoms with Crippen molar-refractivity contribution in [2.24, 2.45) is 0 Å².